The Hall–Kier alpha value is -2.24. The fourth-order valence-corrected chi connectivity index (χ4v) is 3.43. The molecule has 0 amide bonds. The smallest absolute Gasteiger partial charge is 0.358 e. The van der Waals surface area contributed by atoms with E-state index < -0.39 is 5.97 Å². The highest BCUT2D eigenvalue weighted by molar-refractivity contribution is 7.20. The second-order valence-corrected chi connectivity index (χ2v) is 6.23. The molecule has 2 heterocycles. The molecule has 0 atom stereocenters. The van der Waals surface area contributed by atoms with E-state index in [1.165, 1.54) is 11.3 Å². The Morgan fingerprint density at radius 2 is 2.00 bits per heavy atom. The molecule has 1 aromatic carbocycles. The summed E-state index contributed by atoms with van der Waals surface area (Å²) in [6, 6.07) is 13.8. The van der Waals surface area contributed by atoms with Crippen LogP contribution >= 0.6 is 22.7 Å². The second-order valence-electron chi connectivity index (χ2n) is 4.43. The molecule has 0 bridgehead atoms. The fourth-order valence-electron chi connectivity index (χ4n) is 1.83. The largest absolute Gasteiger partial charge is 0.457 e. The molecule has 3 rings (SSSR count). The molecule has 0 aliphatic heterocycles. The van der Waals surface area contributed by atoms with Gasteiger partial charge in [0.25, 0.3) is 0 Å². The summed E-state index contributed by atoms with van der Waals surface area (Å²) in [4.78, 5) is 17.3. The molecular weight excluding hydrogens is 314 g/mol. The molecular formula is C17H13NO2S2. The first-order chi connectivity index (χ1) is 10.8. The molecule has 5 heteroatoms. The number of thiophene rings is 1. The van der Waals surface area contributed by atoms with Crippen molar-refractivity contribution in [3.8, 4) is 9.88 Å². The van der Waals surface area contributed by atoms with E-state index >= 15 is 0 Å². The van der Waals surface area contributed by atoms with Crippen molar-refractivity contribution in [1.29, 1.82) is 0 Å². The molecule has 0 saturated heterocycles. The normalized spacial score (nSPS) is 10.9. The van der Waals surface area contributed by atoms with Crippen LogP contribution in [-0.2, 0) is 4.74 Å². The lowest BCUT2D eigenvalue weighted by molar-refractivity contribution is 0.0544. The fraction of sp³-hybridized carbons (Fsp3) is 0.0588. The van der Waals surface area contributed by atoms with Gasteiger partial charge in [-0.2, -0.15) is 0 Å². The van der Waals surface area contributed by atoms with Crippen LogP contribution < -0.4 is 0 Å². The van der Waals surface area contributed by atoms with Crippen molar-refractivity contribution in [3.63, 3.8) is 0 Å². The molecule has 22 heavy (non-hydrogen) atoms. The molecule has 0 aliphatic carbocycles. The van der Waals surface area contributed by atoms with E-state index in [4.69, 9.17) is 4.74 Å². The zero-order valence-electron chi connectivity index (χ0n) is 11.6. The van der Waals surface area contributed by atoms with Gasteiger partial charge in [0.2, 0.25) is 0 Å². The third-order valence-electron chi connectivity index (χ3n) is 2.87. The molecule has 2 aromatic heterocycles. The SMILES string of the molecule is O=C(OC/C=C/c1ccccc1)c1csc(-c2cccs2)n1. The number of hydrogen-bond donors (Lipinski definition) is 0. The zero-order valence-corrected chi connectivity index (χ0v) is 13.3. The van der Waals surface area contributed by atoms with Gasteiger partial charge in [-0.1, -0.05) is 42.5 Å². The molecule has 3 aromatic rings. The van der Waals surface area contributed by atoms with E-state index in [-0.39, 0.29) is 6.61 Å². The summed E-state index contributed by atoms with van der Waals surface area (Å²) in [5.74, 6) is -0.392. The van der Waals surface area contributed by atoms with E-state index in [0.29, 0.717) is 5.69 Å². The summed E-state index contributed by atoms with van der Waals surface area (Å²) in [6.45, 7) is 0.236. The maximum atomic E-state index is 11.9. The first-order valence-electron chi connectivity index (χ1n) is 6.71. The molecule has 0 saturated carbocycles. The Kier molecular flexibility index (Phi) is 4.78. The standard InChI is InChI=1S/C17H13NO2S2/c19-17(20-10-4-8-13-6-2-1-3-7-13)14-12-22-16(18-14)15-9-5-11-21-15/h1-9,11-12H,10H2/b8-4+. The van der Waals surface area contributed by atoms with E-state index in [0.717, 1.165) is 15.4 Å². The lowest BCUT2D eigenvalue weighted by Crippen LogP contribution is -2.05. The molecule has 0 spiro atoms. The predicted octanol–water partition coefficient (Wildman–Crippen LogP) is 4.74. The predicted molar refractivity (Wildman–Crippen MR) is 91.2 cm³/mol. The molecule has 0 radical (unpaired) electrons. The van der Waals surface area contributed by atoms with E-state index in [1.807, 2.05) is 60.0 Å². The number of carbonyl (C=O) groups is 1. The summed E-state index contributed by atoms with van der Waals surface area (Å²) in [5, 5.41) is 4.57. The maximum absolute atomic E-state index is 11.9. The number of aromatic nitrogens is 1. The van der Waals surface area contributed by atoms with Gasteiger partial charge >= 0.3 is 5.97 Å². The topological polar surface area (TPSA) is 39.2 Å². The summed E-state index contributed by atoms with van der Waals surface area (Å²) in [6.07, 6.45) is 3.74. The Morgan fingerprint density at radius 1 is 1.14 bits per heavy atom. The number of thiazole rings is 1. The van der Waals surface area contributed by atoms with Crippen LogP contribution in [0.4, 0.5) is 0 Å². The maximum Gasteiger partial charge on any atom is 0.358 e. The van der Waals surface area contributed by atoms with Crippen LogP contribution in [0, 0.1) is 0 Å². The third kappa shape index (κ3) is 3.69. The minimum atomic E-state index is -0.392. The first-order valence-corrected chi connectivity index (χ1v) is 8.47. The minimum absolute atomic E-state index is 0.236. The highest BCUT2D eigenvalue weighted by Crippen LogP contribution is 2.27. The minimum Gasteiger partial charge on any atom is -0.457 e. The average Bonchev–Trinajstić information content (AvgIpc) is 3.22. The number of nitrogens with zero attached hydrogens (tertiary/aromatic N) is 1. The summed E-state index contributed by atoms with van der Waals surface area (Å²) in [5.41, 5.74) is 1.44. The Labute approximate surface area is 136 Å². The van der Waals surface area contributed by atoms with Crippen LogP contribution in [0.25, 0.3) is 16.0 Å². The Morgan fingerprint density at radius 3 is 2.77 bits per heavy atom. The number of rotatable bonds is 5. The highest BCUT2D eigenvalue weighted by Gasteiger charge is 2.12. The quantitative estimate of drug-likeness (QED) is 0.635. The van der Waals surface area contributed by atoms with Crippen LogP contribution in [0.3, 0.4) is 0 Å². The van der Waals surface area contributed by atoms with Crippen molar-refractivity contribution in [3.05, 3.63) is 70.6 Å². The van der Waals surface area contributed by atoms with Crippen molar-refractivity contribution in [1.82, 2.24) is 4.98 Å². The van der Waals surface area contributed by atoms with E-state index in [2.05, 4.69) is 4.98 Å². The molecule has 0 aliphatic rings. The van der Waals surface area contributed by atoms with Gasteiger partial charge in [-0.05, 0) is 23.1 Å². The molecule has 3 nitrogen and oxygen atoms in total. The van der Waals surface area contributed by atoms with Gasteiger partial charge in [-0.25, -0.2) is 9.78 Å². The van der Waals surface area contributed by atoms with Crippen LogP contribution in [0.2, 0.25) is 0 Å². The van der Waals surface area contributed by atoms with Crippen molar-refractivity contribution in [2.24, 2.45) is 0 Å². The van der Waals surface area contributed by atoms with Crippen LogP contribution in [0.5, 0.6) is 0 Å². The zero-order chi connectivity index (χ0) is 15.2. The van der Waals surface area contributed by atoms with E-state index in [1.54, 1.807) is 16.7 Å². The third-order valence-corrected chi connectivity index (χ3v) is 4.75. The summed E-state index contributed by atoms with van der Waals surface area (Å²) < 4.78 is 5.20. The number of ether oxygens (including phenoxy) is 1. The highest BCUT2D eigenvalue weighted by atomic mass is 32.1. The molecule has 0 unspecified atom stereocenters. The number of hydrogen-bond acceptors (Lipinski definition) is 5. The van der Waals surface area contributed by atoms with Crippen molar-refractivity contribution in [2.75, 3.05) is 6.61 Å². The van der Waals surface area contributed by atoms with Gasteiger partial charge < -0.3 is 4.74 Å². The van der Waals surface area contributed by atoms with Crippen molar-refractivity contribution >= 4 is 34.7 Å². The summed E-state index contributed by atoms with van der Waals surface area (Å²) in [7, 11) is 0. The van der Waals surface area contributed by atoms with Gasteiger partial charge in [-0.15, -0.1) is 22.7 Å². The van der Waals surface area contributed by atoms with Crippen molar-refractivity contribution < 1.29 is 9.53 Å². The van der Waals surface area contributed by atoms with Gasteiger partial charge in [0, 0.05) is 5.38 Å². The van der Waals surface area contributed by atoms with Gasteiger partial charge in [-0.3, -0.25) is 0 Å². The summed E-state index contributed by atoms with van der Waals surface area (Å²) >= 11 is 3.06. The number of benzene rings is 1. The molecule has 0 N–H and O–H groups in total. The second kappa shape index (κ2) is 7.15. The Balaban J connectivity index is 1.55. The van der Waals surface area contributed by atoms with Crippen LogP contribution in [0.15, 0.2) is 59.3 Å². The Bertz CT molecular complexity index is 761. The van der Waals surface area contributed by atoms with Crippen LogP contribution in [-0.4, -0.2) is 17.6 Å². The number of esters is 1. The van der Waals surface area contributed by atoms with Gasteiger partial charge in [0.05, 0.1) is 4.88 Å². The number of carbonyl (C=O) groups excluding carboxylic acids is 1. The van der Waals surface area contributed by atoms with E-state index in [9.17, 15) is 4.79 Å². The monoisotopic (exact) mass is 327 g/mol. The lowest BCUT2D eigenvalue weighted by atomic mass is 10.2. The van der Waals surface area contributed by atoms with Crippen LogP contribution in [0.1, 0.15) is 16.1 Å². The molecule has 0 fully saturated rings. The van der Waals surface area contributed by atoms with Crippen molar-refractivity contribution in [2.45, 2.75) is 0 Å². The average molecular weight is 327 g/mol. The molecule has 110 valence electrons. The van der Waals surface area contributed by atoms with Gasteiger partial charge in [0.1, 0.15) is 11.6 Å². The lowest BCUT2D eigenvalue weighted by Gasteiger charge is -1.98. The van der Waals surface area contributed by atoms with Gasteiger partial charge in [0.15, 0.2) is 5.69 Å². The first kappa shape index (κ1) is 14.7.